The molecule has 0 spiro atoms. The summed E-state index contributed by atoms with van der Waals surface area (Å²) >= 11 is 6.03. The number of hydrogen-bond acceptors (Lipinski definition) is 4. The first-order chi connectivity index (χ1) is 13.5. The molecule has 146 valence electrons. The van der Waals surface area contributed by atoms with Crippen molar-refractivity contribution in [2.24, 2.45) is 5.92 Å². The second-order valence-corrected chi connectivity index (χ2v) is 7.96. The lowest BCUT2D eigenvalue weighted by atomic mass is 9.77. The topological polar surface area (TPSA) is 72.2 Å². The van der Waals surface area contributed by atoms with Crippen molar-refractivity contribution < 1.29 is 4.79 Å². The lowest BCUT2D eigenvalue weighted by molar-refractivity contribution is -0.122. The molecule has 0 aliphatic heterocycles. The number of nitrogens with zero attached hydrogens (tertiary/aromatic N) is 4. The number of benzene rings is 1. The van der Waals surface area contributed by atoms with E-state index in [1.807, 2.05) is 38.1 Å². The van der Waals surface area contributed by atoms with Gasteiger partial charge < -0.3 is 5.32 Å². The number of nitrogens with one attached hydrogen (secondary N) is 1. The van der Waals surface area contributed by atoms with Crippen LogP contribution in [0, 0.1) is 19.8 Å². The quantitative estimate of drug-likeness (QED) is 0.682. The van der Waals surface area contributed by atoms with Crippen LogP contribution in [0.3, 0.4) is 0 Å². The molecule has 1 amide bonds. The van der Waals surface area contributed by atoms with Gasteiger partial charge >= 0.3 is 0 Å². The van der Waals surface area contributed by atoms with Crippen LogP contribution in [0.4, 0.5) is 0 Å². The Morgan fingerprint density at radius 2 is 2.04 bits per heavy atom. The maximum Gasteiger partial charge on any atom is 0.252 e. The minimum absolute atomic E-state index is 0.0524. The fourth-order valence-corrected chi connectivity index (χ4v) is 4.04. The molecule has 4 rings (SSSR count). The third kappa shape index (κ3) is 3.74. The van der Waals surface area contributed by atoms with E-state index in [9.17, 15) is 4.79 Å². The predicted octanol–water partition coefficient (Wildman–Crippen LogP) is 3.98. The molecule has 7 heteroatoms. The minimum Gasteiger partial charge on any atom is -0.349 e. The predicted molar refractivity (Wildman–Crippen MR) is 108 cm³/mol. The van der Waals surface area contributed by atoms with Gasteiger partial charge in [-0.3, -0.25) is 4.79 Å². The van der Waals surface area contributed by atoms with E-state index in [1.165, 1.54) is 12.7 Å². The average Bonchev–Trinajstić information content (AvgIpc) is 3.08. The maximum absolute atomic E-state index is 12.8. The summed E-state index contributed by atoms with van der Waals surface area (Å²) in [5.74, 6) is 1.15. The van der Waals surface area contributed by atoms with Gasteiger partial charge in [-0.1, -0.05) is 30.2 Å². The van der Waals surface area contributed by atoms with E-state index in [2.05, 4.69) is 20.4 Å². The molecule has 0 saturated heterocycles. The molecule has 0 radical (unpaired) electrons. The molecule has 1 unspecified atom stereocenters. The third-order valence-corrected chi connectivity index (χ3v) is 6.01. The molecule has 3 aromatic rings. The maximum atomic E-state index is 12.8. The Labute approximate surface area is 169 Å². The molecular weight excluding hydrogens is 374 g/mol. The molecule has 0 bridgehead atoms. The van der Waals surface area contributed by atoms with Crippen LogP contribution in [0.25, 0.3) is 5.78 Å². The summed E-state index contributed by atoms with van der Waals surface area (Å²) in [6, 6.07) is 7.86. The third-order valence-electron chi connectivity index (χ3n) is 5.76. The first-order valence-electron chi connectivity index (χ1n) is 9.73. The van der Waals surface area contributed by atoms with Gasteiger partial charge in [0.25, 0.3) is 5.78 Å². The number of carbonyl (C=O) groups excluding carboxylic acids is 1. The van der Waals surface area contributed by atoms with Crippen LogP contribution in [0.2, 0.25) is 5.02 Å². The van der Waals surface area contributed by atoms with Gasteiger partial charge in [0.05, 0.1) is 6.04 Å². The first kappa shape index (κ1) is 18.9. The Morgan fingerprint density at radius 1 is 1.29 bits per heavy atom. The van der Waals surface area contributed by atoms with Crippen molar-refractivity contribution >= 4 is 23.3 Å². The summed E-state index contributed by atoms with van der Waals surface area (Å²) in [5, 5.41) is 8.19. The summed E-state index contributed by atoms with van der Waals surface area (Å²) in [6.07, 6.45) is 6.08. The molecule has 28 heavy (non-hydrogen) atoms. The van der Waals surface area contributed by atoms with Crippen molar-refractivity contribution in [2.45, 2.75) is 52.0 Å². The van der Waals surface area contributed by atoms with Crippen molar-refractivity contribution in [3.05, 3.63) is 58.1 Å². The van der Waals surface area contributed by atoms with Gasteiger partial charge in [0.2, 0.25) is 5.91 Å². The van der Waals surface area contributed by atoms with E-state index >= 15 is 0 Å². The van der Waals surface area contributed by atoms with Gasteiger partial charge in [-0.2, -0.15) is 10.1 Å². The fourth-order valence-electron chi connectivity index (χ4n) is 3.92. The van der Waals surface area contributed by atoms with Crippen molar-refractivity contribution in [3.8, 4) is 0 Å². The van der Waals surface area contributed by atoms with E-state index in [1.54, 1.807) is 4.52 Å². The molecule has 1 saturated carbocycles. The Hall–Kier alpha value is -2.47. The van der Waals surface area contributed by atoms with Crippen LogP contribution < -0.4 is 5.32 Å². The van der Waals surface area contributed by atoms with Crippen LogP contribution in [0.15, 0.2) is 30.6 Å². The Kier molecular flexibility index (Phi) is 5.31. The van der Waals surface area contributed by atoms with Gasteiger partial charge in [0, 0.05) is 22.8 Å². The van der Waals surface area contributed by atoms with E-state index in [-0.39, 0.29) is 11.9 Å². The normalized spacial score (nSPS) is 15.4. The largest absolute Gasteiger partial charge is 0.349 e. The number of aromatic nitrogens is 4. The van der Waals surface area contributed by atoms with Gasteiger partial charge in [-0.15, -0.1) is 0 Å². The number of amides is 1. The van der Waals surface area contributed by atoms with Crippen molar-refractivity contribution in [2.75, 3.05) is 0 Å². The standard InChI is InChI=1S/C21H24ClN5O/c1-13-18(14(2)27-21(25-13)23-12-24-27)10-11-19(28)26-20(15-4-3-5-15)16-6-8-17(22)9-7-16/h6-9,12,15,20H,3-5,10-11H2,1-2H3,(H,26,28). The van der Waals surface area contributed by atoms with Crippen LogP contribution in [0.5, 0.6) is 0 Å². The summed E-state index contributed by atoms with van der Waals surface area (Å²) < 4.78 is 1.73. The van der Waals surface area contributed by atoms with Crippen molar-refractivity contribution in [3.63, 3.8) is 0 Å². The average molecular weight is 398 g/mol. The molecule has 1 fully saturated rings. The van der Waals surface area contributed by atoms with Crippen LogP contribution >= 0.6 is 11.6 Å². The van der Waals surface area contributed by atoms with E-state index in [0.717, 1.165) is 35.4 Å². The molecule has 1 aliphatic carbocycles. The van der Waals surface area contributed by atoms with Crippen molar-refractivity contribution in [1.29, 1.82) is 0 Å². The minimum atomic E-state index is 0.0524. The zero-order valence-corrected chi connectivity index (χ0v) is 16.9. The van der Waals surface area contributed by atoms with E-state index in [0.29, 0.717) is 29.6 Å². The van der Waals surface area contributed by atoms with Gasteiger partial charge in [-0.05, 0) is 62.3 Å². The highest BCUT2D eigenvalue weighted by Gasteiger charge is 2.29. The second-order valence-electron chi connectivity index (χ2n) is 7.52. The number of aryl methyl sites for hydroxylation is 2. The highest BCUT2D eigenvalue weighted by Crippen LogP contribution is 2.38. The number of rotatable bonds is 6. The van der Waals surface area contributed by atoms with E-state index < -0.39 is 0 Å². The molecule has 2 aromatic heterocycles. The Balaban J connectivity index is 1.46. The SMILES string of the molecule is Cc1nc2ncnn2c(C)c1CCC(=O)NC(c1ccc(Cl)cc1)C1CCC1. The zero-order valence-electron chi connectivity index (χ0n) is 16.2. The van der Waals surface area contributed by atoms with Gasteiger partial charge in [0.15, 0.2) is 0 Å². The molecule has 1 aliphatic rings. The van der Waals surface area contributed by atoms with Crippen LogP contribution in [0.1, 0.15) is 54.2 Å². The Morgan fingerprint density at radius 3 is 2.71 bits per heavy atom. The zero-order chi connectivity index (χ0) is 19.7. The molecule has 1 atom stereocenters. The lowest BCUT2D eigenvalue weighted by Gasteiger charge is -2.34. The number of hydrogen-bond donors (Lipinski definition) is 1. The summed E-state index contributed by atoms with van der Waals surface area (Å²) in [7, 11) is 0. The molecule has 1 aromatic carbocycles. The molecular formula is C21H24ClN5O. The molecule has 1 N–H and O–H groups in total. The van der Waals surface area contributed by atoms with Gasteiger partial charge in [-0.25, -0.2) is 9.50 Å². The highest BCUT2D eigenvalue weighted by atomic mass is 35.5. The number of fused-ring (bicyclic) bond motifs is 1. The summed E-state index contributed by atoms with van der Waals surface area (Å²) in [4.78, 5) is 21.4. The van der Waals surface area contributed by atoms with E-state index in [4.69, 9.17) is 11.6 Å². The molecule has 6 nitrogen and oxygen atoms in total. The van der Waals surface area contributed by atoms with Crippen LogP contribution in [-0.4, -0.2) is 25.5 Å². The second kappa shape index (κ2) is 7.87. The number of halogens is 1. The fraction of sp³-hybridized carbons (Fsp3) is 0.429. The Bertz CT molecular complexity index is 994. The summed E-state index contributed by atoms with van der Waals surface area (Å²) in [5.41, 5.74) is 4.07. The van der Waals surface area contributed by atoms with Gasteiger partial charge in [0.1, 0.15) is 6.33 Å². The monoisotopic (exact) mass is 397 g/mol. The number of carbonyl (C=O) groups is 1. The van der Waals surface area contributed by atoms with Crippen LogP contribution in [-0.2, 0) is 11.2 Å². The smallest absolute Gasteiger partial charge is 0.252 e. The lowest BCUT2D eigenvalue weighted by Crippen LogP contribution is -2.36. The summed E-state index contributed by atoms with van der Waals surface area (Å²) in [6.45, 7) is 3.95. The molecule has 2 heterocycles. The van der Waals surface area contributed by atoms with Crippen molar-refractivity contribution in [1.82, 2.24) is 24.9 Å². The first-order valence-corrected chi connectivity index (χ1v) is 10.1. The highest BCUT2D eigenvalue weighted by molar-refractivity contribution is 6.30.